The van der Waals surface area contributed by atoms with Crippen LogP contribution >= 0.6 is 12.4 Å². The van der Waals surface area contributed by atoms with Crippen LogP contribution in [0.1, 0.15) is 36.0 Å². The summed E-state index contributed by atoms with van der Waals surface area (Å²) < 4.78 is 5.84. The molecule has 4 aliphatic heterocycles. The molecule has 6 rings (SSSR count). The van der Waals surface area contributed by atoms with Crippen molar-refractivity contribution in [1.29, 1.82) is 0 Å². The van der Waals surface area contributed by atoms with Crippen molar-refractivity contribution in [3.8, 4) is 0 Å². The molecule has 0 spiro atoms. The van der Waals surface area contributed by atoms with Gasteiger partial charge in [-0.05, 0) is 18.9 Å². The van der Waals surface area contributed by atoms with Crippen LogP contribution in [0.25, 0.3) is 10.9 Å². The summed E-state index contributed by atoms with van der Waals surface area (Å²) in [5.41, 5.74) is 1.56. The second-order valence-corrected chi connectivity index (χ2v) is 7.36. The van der Waals surface area contributed by atoms with Crippen molar-refractivity contribution in [1.82, 2.24) is 9.88 Å². The smallest absolute Gasteiger partial charge is 0.340 e. The summed E-state index contributed by atoms with van der Waals surface area (Å²) in [7, 11) is 0. The minimum absolute atomic E-state index is 0. The van der Waals surface area contributed by atoms with Gasteiger partial charge in [0.2, 0.25) is 0 Å². The first-order chi connectivity index (χ1) is 11.7. The number of halogens is 1. The zero-order valence-electron chi connectivity index (χ0n) is 13.8. The number of hydrogen-bond donors (Lipinski definition) is 1. The van der Waals surface area contributed by atoms with E-state index in [9.17, 15) is 9.59 Å². The molecular weight excluding hydrogens is 340 g/mol. The maximum absolute atomic E-state index is 12.6. The van der Waals surface area contributed by atoms with Gasteiger partial charge in [-0.15, -0.1) is 12.4 Å². The zero-order valence-corrected chi connectivity index (χ0v) is 14.6. The normalized spacial score (nSPS) is 33.1. The van der Waals surface area contributed by atoms with Crippen LogP contribution in [0.3, 0.4) is 0 Å². The Balaban J connectivity index is 0.00000157. The van der Waals surface area contributed by atoms with Crippen LogP contribution in [0.5, 0.6) is 0 Å². The van der Waals surface area contributed by atoms with Gasteiger partial charge in [0.1, 0.15) is 11.9 Å². The third-order valence-electron chi connectivity index (χ3n) is 6.00. The molecule has 3 unspecified atom stereocenters. The summed E-state index contributed by atoms with van der Waals surface area (Å²) in [6.07, 6.45) is 5.29. The summed E-state index contributed by atoms with van der Waals surface area (Å²) in [5.74, 6) is 0.403. The first kappa shape index (κ1) is 16.6. The molecule has 2 aromatic rings. The Kier molecular flexibility index (Phi) is 4.08. The van der Waals surface area contributed by atoms with E-state index in [-0.39, 0.29) is 30.4 Å². The lowest BCUT2D eigenvalue weighted by molar-refractivity contribution is -0.145. The average molecular weight is 361 g/mol. The second-order valence-electron chi connectivity index (χ2n) is 7.36. The summed E-state index contributed by atoms with van der Waals surface area (Å²) in [5, 5.41) is 0.909. The molecule has 1 aromatic carbocycles. The number of esters is 1. The third kappa shape index (κ3) is 2.66. The minimum Gasteiger partial charge on any atom is -0.459 e. The van der Waals surface area contributed by atoms with Crippen LogP contribution in [-0.2, 0) is 9.53 Å². The van der Waals surface area contributed by atoms with E-state index < -0.39 is 0 Å². The topological polar surface area (TPSA) is 62.4 Å². The highest BCUT2D eigenvalue weighted by Gasteiger charge is 2.49. The lowest BCUT2D eigenvalue weighted by Crippen LogP contribution is -2.63. The van der Waals surface area contributed by atoms with Gasteiger partial charge in [-0.1, -0.05) is 18.2 Å². The number of piperidine rings is 4. The van der Waals surface area contributed by atoms with E-state index in [2.05, 4.69) is 9.88 Å². The fraction of sp³-hybridized carbons (Fsp3) is 0.474. The van der Waals surface area contributed by atoms with Crippen molar-refractivity contribution in [2.75, 3.05) is 6.54 Å². The van der Waals surface area contributed by atoms with Gasteiger partial charge in [0.05, 0.1) is 12.1 Å². The molecule has 132 valence electrons. The Hall–Kier alpha value is -1.85. The van der Waals surface area contributed by atoms with Crippen molar-refractivity contribution in [3.63, 3.8) is 0 Å². The Morgan fingerprint density at radius 2 is 1.84 bits per heavy atom. The molecule has 0 amide bonds. The molecule has 0 saturated carbocycles. The van der Waals surface area contributed by atoms with Gasteiger partial charge >= 0.3 is 5.97 Å². The summed E-state index contributed by atoms with van der Waals surface area (Å²) in [6, 6.07) is 8.58. The Morgan fingerprint density at radius 3 is 2.56 bits per heavy atom. The molecule has 6 heteroatoms. The molecule has 5 heterocycles. The summed E-state index contributed by atoms with van der Waals surface area (Å²) in [6.45, 7) is 0.600. The number of carbonyl (C=O) groups excluding carboxylic acids is 2. The lowest BCUT2D eigenvalue weighted by Gasteiger charge is -2.54. The van der Waals surface area contributed by atoms with E-state index in [0.29, 0.717) is 30.0 Å². The molecule has 4 aliphatic rings. The molecule has 5 nitrogen and oxygen atoms in total. The highest BCUT2D eigenvalue weighted by atomic mass is 35.5. The molecule has 4 fully saturated rings. The SMILES string of the molecule is Cl.O=C(OC1C[C@@H]2CC3C[C@H](C1)N2CC3=O)c1c[nH]c2ccccc12. The van der Waals surface area contributed by atoms with Crippen LogP contribution < -0.4 is 0 Å². The summed E-state index contributed by atoms with van der Waals surface area (Å²) >= 11 is 0. The van der Waals surface area contributed by atoms with E-state index in [4.69, 9.17) is 4.74 Å². The maximum Gasteiger partial charge on any atom is 0.340 e. The van der Waals surface area contributed by atoms with Gasteiger partial charge in [0.25, 0.3) is 0 Å². The predicted molar refractivity (Wildman–Crippen MR) is 96.0 cm³/mol. The van der Waals surface area contributed by atoms with Crippen molar-refractivity contribution in [2.24, 2.45) is 5.92 Å². The molecule has 0 radical (unpaired) electrons. The zero-order chi connectivity index (χ0) is 16.3. The number of Topliss-reactive ketones (excluding diaryl/α,β-unsaturated/α-hetero) is 1. The van der Waals surface area contributed by atoms with Crippen LogP contribution in [0, 0.1) is 5.92 Å². The molecule has 4 saturated heterocycles. The number of fused-ring (bicyclic) bond motifs is 2. The fourth-order valence-corrected chi connectivity index (χ4v) is 4.87. The quantitative estimate of drug-likeness (QED) is 0.836. The average Bonchev–Trinajstić information content (AvgIpc) is 2.99. The number of ether oxygens (including phenoxy) is 1. The highest BCUT2D eigenvalue weighted by molar-refractivity contribution is 6.04. The van der Waals surface area contributed by atoms with Crippen molar-refractivity contribution >= 4 is 35.1 Å². The Morgan fingerprint density at radius 1 is 1.12 bits per heavy atom. The fourth-order valence-electron chi connectivity index (χ4n) is 4.87. The van der Waals surface area contributed by atoms with Crippen LogP contribution in [0.2, 0.25) is 0 Å². The van der Waals surface area contributed by atoms with E-state index >= 15 is 0 Å². The van der Waals surface area contributed by atoms with Gasteiger partial charge < -0.3 is 9.72 Å². The van der Waals surface area contributed by atoms with Gasteiger partial charge in [-0.25, -0.2) is 4.79 Å². The largest absolute Gasteiger partial charge is 0.459 e. The molecular formula is C19H21ClN2O3. The van der Waals surface area contributed by atoms with Crippen molar-refractivity contribution < 1.29 is 14.3 Å². The van der Waals surface area contributed by atoms with Gasteiger partial charge in [-0.2, -0.15) is 0 Å². The molecule has 0 aliphatic carbocycles. The Bertz CT molecular complexity index is 817. The first-order valence-electron chi connectivity index (χ1n) is 8.74. The summed E-state index contributed by atoms with van der Waals surface area (Å²) in [4.78, 5) is 30.0. The second kappa shape index (κ2) is 6.15. The molecule has 25 heavy (non-hydrogen) atoms. The lowest BCUT2D eigenvalue weighted by atomic mass is 9.72. The number of rotatable bonds is 2. The van der Waals surface area contributed by atoms with E-state index in [1.165, 1.54) is 0 Å². The number of aromatic amines is 1. The number of nitrogens with one attached hydrogen (secondary N) is 1. The monoisotopic (exact) mass is 360 g/mol. The van der Waals surface area contributed by atoms with E-state index in [1.807, 2.05) is 24.3 Å². The molecule has 1 N–H and O–H groups in total. The number of H-pyrrole nitrogens is 1. The van der Waals surface area contributed by atoms with Crippen LogP contribution in [0.15, 0.2) is 30.5 Å². The number of para-hydroxylation sites is 1. The predicted octanol–water partition coefficient (Wildman–Crippen LogP) is 2.94. The number of nitrogens with zero attached hydrogens (tertiary/aromatic N) is 1. The Labute approximate surface area is 152 Å². The van der Waals surface area contributed by atoms with Crippen molar-refractivity contribution in [2.45, 2.75) is 43.9 Å². The van der Waals surface area contributed by atoms with E-state index in [1.54, 1.807) is 6.20 Å². The number of ketones is 1. The number of benzene rings is 1. The van der Waals surface area contributed by atoms with Crippen LogP contribution in [0.4, 0.5) is 0 Å². The van der Waals surface area contributed by atoms with Gasteiger partial charge in [-0.3, -0.25) is 9.69 Å². The number of aromatic nitrogens is 1. The standard InChI is InChI=1S/C19H20N2O3.ClH/c22-18-10-21-12-5-11(18)6-13(21)8-14(7-12)24-19(23)16-9-20-17-4-2-1-3-15(16)17;/h1-4,9,11-14,20H,5-8,10H2;1H/t11?,12-,13+,14?;. The maximum atomic E-state index is 12.6. The first-order valence-corrected chi connectivity index (χ1v) is 8.74. The molecule has 4 bridgehead atoms. The van der Waals surface area contributed by atoms with E-state index in [0.717, 1.165) is 36.6 Å². The van der Waals surface area contributed by atoms with Gasteiger partial charge in [0, 0.05) is 47.9 Å². The van der Waals surface area contributed by atoms with Gasteiger partial charge in [0.15, 0.2) is 0 Å². The van der Waals surface area contributed by atoms with Crippen LogP contribution in [-0.4, -0.2) is 46.4 Å². The third-order valence-corrected chi connectivity index (χ3v) is 6.00. The highest BCUT2D eigenvalue weighted by Crippen LogP contribution is 2.42. The van der Waals surface area contributed by atoms with Crippen molar-refractivity contribution in [3.05, 3.63) is 36.0 Å². The molecule has 5 atom stereocenters. The number of carbonyl (C=O) groups is 2. The number of hydrogen-bond acceptors (Lipinski definition) is 4. The molecule has 1 aromatic heterocycles. The minimum atomic E-state index is -0.242.